The fourth-order valence-corrected chi connectivity index (χ4v) is 5.68. The zero-order valence-corrected chi connectivity index (χ0v) is 19.3. The van der Waals surface area contributed by atoms with Crippen LogP contribution in [0.3, 0.4) is 0 Å². The number of esters is 1. The molecular formula is C23H30N2O2S2. The Bertz CT molecular complexity index is 905. The first-order chi connectivity index (χ1) is 13.9. The van der Waals surface area contributed by atoms with Crippen LogP contribution < -0.4 is 10.6 Å². The number of hydrogen-bond acceptors (Lipinski definition) is 4. The number of aryl methyl sites for hydroxylation is 3. The van der Waals surface area contributed by atoms with Crippen LogP contribution in [-0.2, 0) is 17.6 Å². The minimum Gasteiger partial charge on any atom is -0.465 e. The van der Waals surface area contributed by atoms with E-state index in [0.717, 1.165) is 29.8 Å². The van der Waals surface area contributed by atoms with Gasteiger partial charge in [-0.25, -0.2) is 4.79 Å². The highest BCUT2D eigenvalue weighted by molar-refractivity contribution is 7.80. The topological polar surface area (TPSA) is 50.4 Å². The van der Waals surface area contributed by atoms with Gasteiger partial charge >= 0.3 is 5.97 Å². The third-order valence-corrected chi connectivity index (χ3v) is 6.95. The van der Waals surface area contributed by atoms with Crippen LogP contribution in [0.25, 0.3) is 0 Å². The third kappa shape index (κ3) is 5.17. The van der Waals surface area contributed by atoms with E-state index in [2.05, 4.69) is 49.6 Å². The highest BCUT2D eigenvalue weighted by atomic mass is 32.1. The van der Waals surface area contributed by atoms with Crippen LogP contribution in [0.5, 0.6) is 0 Å². The summed E-state index contributed by atoms with van der Waals surface area (Å²) in [4.78, 5) is 13.8. The Labute approximate surface area is 183 Å². The van der Waals surface area contributed by atoms with E-state index < -0.39 is 0 Å². The van der Waals surface area contributed by atoms with E-state index in [4.69, 9.17) is 17.0 Å². The largest absolute Gasteiger partial charge is 0.465 e. The monoisotopic (exact) mass is 430 g/mol. The first-order valence-corrected chi connectivity index (χ1v) is 11.5. The highest BCUT2D eigenvalue weighted by Crippen LogP contribution is 2.37. The van der Waals surface area contributed by atoms with Gasteiger partial charge in [0.05, 0.1) is 18.7 Å². The minimum absolute atomic E-state index is 0.0677. The molecule has 0 radical (unpaired) electrons. The Kier molecular flexibility index (Phi) is 7.30. The smallest absolute Gasteiger partial charge is 0.341 e. The molecule has 0 aliphatic heterocycles. The molecule has 1 aliphatic rings. The standard InChI is InChI=1S/C23H30N2O2S2/c1-14-11-12-17(15(2)13-14)16(3)24-23(28)25-21-20(22(26)27-4)18-9-7-5-6-8-10-19(18)29-21/h11-13,16H,5-10H2,1-4H3,(H2,24,25,28). The molecule has 0 saturated heterocycles. The van der Waals surface area contributed by atoms with Gasteiger partial charge in [0.1, 0.15) is 5.00 Å². The molecule has 0 saturated carbocycles. The molecule has 4 nitrogen and oxygen atoms in total. The number of carbonyl (C=O) groups excluding carboxylic acids is 1. The van der Waals surface area contributed by atoms with Crippen LogP contribution >= 0.6 is 23.6 Å². The Morgan fingerprint density at radius 1 is 1.17 bits per heavy atom. The van der Waals surface area contributed by atoms with Gasteiger partial charge in [-0.3, -0.25) is 0 Å². The quantitative estimate of drug-likeness (QED) is 0.470. The molecule has 1 unspecified atom stereocenters. The minimum atomic E-state index is -0.282. The average molecular weight is 431 g/mol. The van der Waals surface area contributed by atoms with Crippen molar-refractivity contribution in [2.75, 3.05) is 12.4 Å². The number of nitrogens with one attached hydrogen (secondary N) is 2. The van der Waals surface area contributed by atoms with E-state index in [-0.39, 0.29) is 12.0 Å². The fraction of sp³-hybridized carbons (Fsp3) is 0.478. The number of fused-ring (bicyclic) bond motifs is 1. The van der Waals surface area contributed by atoms with Crippen LogP contribution in [-0.4, -0.2) is 18.2 Å². The Morgan fingerprint density at radius 3 is 2.59 bits per heavy atom. The number of methoxy groups -OCH3 is 1. The van der Waals surface area contributed by atoms with Gasteiger partial charge in [-0.2, -0.15) is 0 Å². The lowest BCUT2D eigenvalue weighted by Crippen LogP contribution is -2.31. The second-order valence-corrected chi connectivity index (χ2v) is 9.31. The molecule has 2 N–H and O–H groups in total. The second-order valence-electron chi connectivity index (χ2n) is 7.79. The molecule has 6 heteroatoms. The predicted molar refractivity (Wildman–Crippen MR) is 125 cm³/mol. The molecule has 1 atom stereocenters. The maximum absolute atomic E-state index is 12.5. The van der Waals surface area contributed by atoms with E-state index in [1.165, 1.54) is 47.9 Å². The lowest BCUT2D eigenvalue weighted by molar-refractivity contribution is 0.0601. The van der Waals surface area contributed by atoms with Crippen molar-refractivity contribution in [2.24, 2.45) is 0 Å². The molecule has 0 spiro atoms. The van der Waals surface area contributed by atoms with Gasteiger partial charge in [0.2, 0.25) is 0 Å². The van der Waals surface area contributed by atoms with E-state index in [9.17, 15) is 4.79 Å². The Hall–Kier alpha value is -1.92. The first-order valence-electron chi connectivity index (χ1n) is 10.3. The molecule has 1 heterocycles. The SMILES string of the molecule is COC(=O)c1c(NC(=S)NC(C)c2ccc(C)cc2C)sc2c1CCCCCC2. The fourth-order valence-electron chi connectivity index (χ4n) is 4.05. The molecular weight excluding hydrogens is 400 g/mol. The van der Waals surface area contributed by atoms with Gasteiger partial charge in [-0.15, -0.1) is 11.3 Å². The lowest BCUT2D eigenvalue weighted by Gasteiger charge is -2.19. The van der Waals surface area contributed by atoms with Crippen molar-refractivity contribution >= 4 is 39.6 Å². The van der Waals surface area contributed by atoms with E-state index in [1.807, 2.05) is 0 Å². The molecule has 1 aromatic heterocycles. The van der Waals surface area contributed by atoms with Gasteiger partial charge in [-0.1, -0.05) is 36.6 Å². The zero-order chi connectivity index (χ0) is 21.0. The Morgan fingerprint density at radius 2 is 1.90 bits per heavy atom. The van der Waals surface area contributed by atoms with Crippen molar-refractivity contribution in [3.8, 4) is 0 Å². The van der Waals surface area contributed by atoms with Crippen molar-refractivity contribution in [3.63, 3.8) is 0 Å². The van der Waals surface area contributed by atoms with E-state index in [0.29, 0.717) is 10.7 Å². The molecule has 1 aliphatic carbocycles. The lowest BCUT2D eigenvalue weighted by atomic mass is 9.96. The summed E-state index contributed by atoms with van der Waals surface area (Å²) in [7, 11) is 1.44. The van der Waals surface area contributed by atoms with Gasteiger partial charge in [0.25, 0.3) is 0 Å². The molecule has 0 fully saturated rings. The van der Waals surface area contributed by atoms with Crippen LogP contribution in [0.15, 0.2) is 18.2 Å². The number of carbonyl (C=O) groups is 1. The van der Waals surface area contributed by atoms with Gasteiger partial charge < -0.3 is 15.4 Å². The molecule has 0 amide bonds. The van der Waals surface area contributed by atoms with Crippen molar-refractivity contribution in [1.82, 2.24) is 5.32 Å². The summed E-state index contributed by atoms with van der Waals surface area (Å²) in [5.41, 5.74) is 5.51. The summed E-state index contributed by atoms with van der Waals surface area (Å²) in [6.45, 7) is 6.31. The van der Waals surface area contributed by atoms with Crippen molar-refractivity contribution < 1.29 is 9.53 Å². The maximum Gasteiger partial charge on any atom is 0.341 e. The average Bonchev–Trinajstić information content (AvgIpc) is 2.96. The molecule has 3 rings (SSSR count). The summed E-state index contributed by atoms with van der Waals surface area (Å²) in [5, 5.41) is 7.99. The summed E-state index contributed by atoms with van der Waals surface area (Å²) in [6.07, 6.45) is 6.69. The predicted octanol–water partition coefficient (Wildman–Crippen LogP) is 5.86. The zero-order valence-electron chi connectivity index (χ0n) is 17.7. The van der Waals surface area contributed by atoms with E-state index in [1.54, 1.807) is 11.3 Å². The summed E-state index contributed by atoms with van der Waals surface area (Å²) in [6, 6.07) is 6.50. The number of hydrogen-bond donors (Lipinski definition) is 2. The first kappa shape index (κ1) is 21.8. The van der Waals surface area contributed by atoms with Gasteiger partial charge in [0.15, 0.2) is 5.11 Å². The second kappa shape index (κ2) is 9.72. The Balaban J connectivity index is 1.80. The van der Waals surface area contributed by atoms with Gasteiger partial charge in [-0.05, 0) is 75.4 Å². The molecule has 1 aromatic carbocycles. The summed E-state index contributed by atoms with van der Waals surface area (Å²) >= 11 is 7.24. The number of thiocarbonyl (C=S) groups is 1. The number of rotatable bonds is 4. The molecule has 0 bridgehead atoms. The molecule has 156 valence electrons. The molecule has 2 aromatic rings. The van der Waals surface area contributed by atoms with Crippen molar-refractivity contribution in [2.45, 2.75) is 65.3 Å². The summed E-state index contributed by atoms with van der Waals surface area (Å²) < 4.78 is 5.10. The number of ether oxygens (including phenoxy) is 1. The van der Waals surface area contributed by atoms with Crippen LogP contribution in [0.4, 0.5) is 5.00 Å². The number of thiophene rings is 1. The third-order valence-electron chi connectivity index (χ3n) is 5.53. The van der Waals surface area contributed by atoms with Crippen LogP contribution in [0.1, 0.15) is 76.1 Å². The van der Waals surface area contributed by atoms with Crippen LogP contribution in [0, 0.1) is 13.8 Å². The maximum atomic E-state index is 12.5. The van der Waals surface area contributed by atoms with Crippen molar-refractivity contribution in [1.29, 1.82) is 0 Å². The van der Waals surface area contributed by atoms with Crippen LogP contribution in [0.2, 0.25) is 0 Å². The summed E-state index contributed by atoms with van der Waals surface area (Å²) in [5.74, 6) is -0.282. The van der Waals surface area contributed by atoms with Gasteiger partial charge in [0, 0.05) is 4.88 Å². The van der Waals surface area contributed by atoms with E-state index >= 15 is 0 Å². The highest BCUT2D eigenvalue weighted by Gasteiger charge is 2.25. The molecule has 29 heavy (non-hydrogen) atoms. The van der Waals surface area contributed by atoms with Crippen molar-refractivity contribution in [3.05, 3.63) is 50.9 Å². The number of anilines is 1. The number of benzene rings is 1. The normalized spacial score (nSPS) is 14.9.